The van der Waals surface area contributed by atoms with Gasteiger partial charge in [-0.1, -0.05) is 35.9 Å². The minimum absolute atomic E-state index is 0.0286. The van der Waals surface area contributed by atoms with Crippen LogP contribution in [-0.2, 0) is 6.54 Å². The Morgan fingerprint density at radius 2 is 1.77 bits per heavy atom. The number of anilines is 1. The fourth-order valence-corrected chi connectivity index (χ4v) is 4.84. The lowest BCUT2D eigenvalue weighted by Gasteiger charge is -2.40. The van der Waals surface area contributed by atoms with Gasteiger partial charge in [-0.25, -0.2) is 4.98 Å². The van der Waals surface area contributed by atoms with Gasteiger partial charge in [-0.2, -0.15) is 0 Å². The second-order valence-electron chi connectivity index (χ2n) is 9.08. The van der Waals surface area contributed by atoms with E-state index in [1.807, 2.05) is 50.4 Å². The fourth-order valence-electron chi connectivity index (χ4n) is 4.84. The minimum atomic E-state index is -0.363. The number of aromatic hydroxyl groups is 1. The zero-order valence-electron chi connectivity index (χ0n) is 20.1. The molecule has 3 aromatic heterocycles. The third-order valence-corrected chi connectivity index (χ3v) is 6.74. The molecule has 1 N–H and O–H groups in total. The van der Waals surface area contributed by atoms with E-state index in [1.54, 1.807) is 16.9 Å². The van der Waals surface area contributed by atoms with Crippen LogP contribution in [0, 0.1) is 13.8 Å². The van der Waals surface area contributed by atoms with E-state index in [1.165, 1.54) is 0 Å². The highest BCUT2D eigenvalue weighted by atomic mass is 16.3. The van der Waals surface area contributed by atoms with E-state index in [4.69, 9.17) is 4.42 Å². The molecule has 1 atom stereocenters. The van der Waals surface area contributed by atoms with E-state index in [9.17, 15) is 9.90 Å². The maximum absolute atomic E-state index is 13.9. The van der Waals surface area contributed by atoms with Crippen LogP contribution in [0.2, 0.25) is 0 Å². The maximum atomic E-state index is 13.9. The van der Waals surface area contributed by atoms with Crippen molar-refractivity contribution in [1.29, 1.82) is 0 Å². The molecular formula is C28H30N4O3. The lowest BCUT2D eigenvalue weighted by Crippen LogP contribution is -2.49. The van der Waals surface area contributed by atoms with Crippen LogP contribution in [0.4, 0.5) is 5.82 Å². The molecule has 0 bridgehead atoms. The van der Waals surface area contributed by atoms with Gasteiger partial charge in [-0.05, 0) is 49.7 Å². The van der Waals surface area contributed by atoms with Gasteiger partial charge in [0.25, 0.3) is 5.56 Å². The van der Waals surface area contributed by atoms with Crippen LogP contribution in [0.3, 0.4) is 0 Å². The van der Waals surface area contributed by atoms with E-state index in [-0.39, 0.29) is 17.4 Å². The molecule has 0 amide bonds. The average molecular weight is 471 g/mol. The van der Waals surface area contributed by atoms with Crippen molar-refractivity contribution in [3.05, 3.63) is 112 Å². The summed E-state index contributed by atoms with van der Waals surface area (Å²) in [6.07, 6.45) is 3.41. The normalized spacial score (nSPS) is 15.3. The van der Waals surface area contributed by atoms with Crippen molar-refractivity contribution < 1.29 is 9.52 Å². The number of hydrogen-bond donors (Lipinski definition) is 1. The summed E-state index contributed by atoms with van der Waals surface area (Å²) in [5.74, 6) is 1.68. The van der Waals surface area contributed by atoms with Crippen molar-refractivity contribution in [2.45, 2.75) is 26.4 Å². The van der Waals surface area contributed by atoms with Crippen LogP contribution >= 0.6 is 0 Å². The third kappa shape index (κ3) is 4.72. The van der Waals surface area contributed by atoms with Gasteiger partial charge in [-0.15, -0.1) is 0 Å². The number of benzene rings is 1. The standard InChI is InChI=1S/C28H30N4O3/c1-20-8-10-22(11-9-20)27(31-15-13-30(14-16-31)25-7-3-4-12-29-25)26-24(33)18-21(2)32(28(26)34)19-23-6-5-17-35-23/h3-12,17-18,27,33H,13-16,19H2,1-2H3/t27-/m0/s1. The van der Waals surface area contributed by atoms with Crippen LogP contribution in [0.1, 0.15) is 34.2 Å². The average Bonchev–Trinajstić information content (AvgIpc) is 3.39. The highest BCUT2D eigenvalue weighted by Crippen LogP contribution is 2.34. The van der Waals surface area contributed by atoms with Gasteiger partial charge in [0, 0.05) is 38.1 Å². The molecule has 7 nitrogen and oxygen atoms in total. The zero-order chi connectivity index (χ0) is 24.4. The Labute approximate surface area is 204 Å². The van der Waals surface area contributed by atoms with Gasteiger partial charge < -0.3 is 19.0 Å². The molecule has 1 saturated heterocycles. The lowest BCUT2D eigenvalue weighted by atomic mass is 9.95. The van der Waals surface area contributed by atoms with Crippen molar-refractivity contribution in [1.82, 2.24) is 14.5 Å². The van der Waals surface area contributed by atoms with Gasteiger partial charge in [0.2, 0.25) is 0 Å². The molecule has 1 aromatic carbocycles. The van der Waals surface area contributed by atoms with Gasteiger partial charge in [0.1, 0.15) is 17.3 Å². The Bertz CT molecular complexity index is 1320. The summed E-state index contributed by atoms with van der Waals surface area (Å²) in [6, 6.07) is 19.1. The molecule has 180 valence electrons. The van der Waals surface area contributed by atoms with Crippen LogP contribution in [0.25, 0.3) is 0 Å². The van der Waals surface area contributed by atoms with E-state index >= 15 is 0 Å². The van der Waals surface area contributed by atoms with Crippen LogP contribution in [0.15, 0.2) is 82.3 Å². The molecule has 35 heavy (non-hydrogen) atoms. The lowest BCUT2D eigenvalue weighted by molar-refractivity contribution is 0.207. The topological polar surface area (TPSA) is 74.7 Å². The van der Waals surface area contributed by atoms with Crippen LogP contribution in [0.5, 0.6) is 5.75 Å². The molecule has 0 radical (unpaired) electrons. The zero-order valence-corrected chi connectivity index (χ0v) is 20.1. The van der Waals surface area contributed by atoms with E-state index < -0.39 is 0 Å². The van der Waals surface area contributed by atoms with Crippen molar-refractivity contribution in [3.63, 3.8) is 0 Å². The highest BCUT2D eigenvalue weighted by molar-refractivity contribution is 5.43. The number of nitrogens with zero attached hydrogens (tertiary/aromatic N) is 4. The second-order valence-corrected chi connectivity index (χ2v) is 9.08. The Morgan fingerprint density at radius 1 is 1.00 bits per heavy atom. The largest absolute Gasteiger partial charge is 0.507 e. The number of furan rings is 1. The molecule has 0 unspecified atom stereocenters. The summed E-state index contributed by atoms with van der Waals surface area (Å²) < 4.78 is 7.18. The second kappa shape index (κ2) is 9.80. The Hall–Kier alpha value is -3.84. The van der Waals surface area contributed by atoms with Crippen molar-refractivity contribution in [3.8, 4) is 5.75 Å². The van der Waals surface area contributed by atoms with E-state index in [0.717, 1.165) is 43.1 Å². The van der Waals surface area contributed by atoms with Crippen LogP contribution < -0.4 is 10.5 Å². The summed E-state index contributed by atoms with van der Waals surface area (Å²) in [4.78, 5) is 22.9. The summed E-state index contributed by atoms with van der Waals surface area (Å²) in [6.45, 7) is 7.24. The highest BCUT2D eigenvalue weighted by Gasteiger charge is 2.31. The smallest absolute Gasteiger partial charge is 0.260 e. The van der Waals surface area contributed by atoms with Gasteiger partial charge in [0.15, 0.2) is 0 Å². The molecule has 1 fully saturated rings. The molecule has 5 rings (SSSR count). The first-order valence-corrected chi connectivity index (χ1v) is 11.9. The molecule has 1 aliphatic heterocycles. The first-order valence-electron chi connectivity index (χ1n) is 11.9. The molecule has 0 aliphatic carbocycles. The summed E-state index contributed by atoms with van der Waals surface area (Å²) in [7, 11) is 0. The van der Waals surface area contributed by atoms with Gasteiger partial charge in [0.05, 0.1) is 24.4 Å². The van der Waals surface area contributed by atoms with E-state index in [0.29, 0.717) is 23.6 Å². The van der Waals surface area contributed by atoms with Crippen molar-refractivity contribution in [2.24, 2.45) is 0 Å². The SMILES string of the molecule is Cc1ccc([C@@H](c2c(O)cc(C)n(Cc3ccco3)c2=O)N2CCN(c3ccccn3)CC2)cc1. The number of hydrogen-bond acceptors (Lipinski definition) is 6. The van der Waals surface area contributed by atoms with E-state index in [2.05, 4.69) is 39.0 Å². The summed E-state index contributed by atoms with van der Waals surface area (Å²) >= 11 is 0. The maximum Gasteiger partial charge on any atom is 0.260 e. The van der Waals surface area contributed by atoms with Crippen LogP contribution in [-0.4, -0.2) is 45.7 Å². The number of aryl methyl sites for hydroxylation is 2. The summed E-state index contributed by atoms with van der Waals surface area (Å²) in [5, 5.41) is 11.1. The molecule has 4 heterocycles. The Balaban J connectivity index is 1.53. The molecular weight excluding hydrogens is 440 g/mol. The predicted octanol–water partition coefficient (Wildman–Crippen LogP) is 4.12. The first-order chi connectivity index (χ1) is 17.0. The molecule has 0 spiro atoms. The predicted molar refractivity (Wildman–Crippen MR) is 136 cm³/mol. The number of piperazine rings is 1. The summed E-state index contributed by atoms with van der Waals surface area (Å²) in [5.41, 5.74) is 3.03. The molecule has 1 aliphatic rings. The fraction of sp³-hybridized carbons (Fsp3) is 0.286. The molecule has 7 heteroatoms. The monoisotopic (exact) mass is 470 g/mol. The molecule has 0 saturated carbocycles. The first kappa shape index (κ1) is 22.9. The number of pyridine rings is 2. The quantitative estimate of drug-likeness (QED) is 0.457. The Kier molecular flexibility index (Phi) is 6.42. The Morgan fingerprint density at radius 3 is 2.43 bits per heavy atom. The van der Waals surface area contributed by atoms with Gasteiger partial charge >= 0.3 is 0 Å². The minimum Gasteiger partial charge on any atom is -0.507 e. The number of rotatable bonds is 6. The van der Waals surface area contributed by atoms with Crippen molar-refractivity contribution in [2.75, 3.05) is 31.1 Å². The van der Waals surface area contributed by atoms with Gasteiger partial charge in [-0.3, -0.25) is 9.69 Å². The van der Waals surface area contributed by atoms with Crippen molar-refractivity contribution >= 4 is 5.82 Å². The third-order valence-electron chi connectivity index (χ3n) is 6.74. The molecule has 4 aromatic rings. The number of aromatic nitrogens is 2.